The standard InChI is InChI=1S/C28H36FN3O7/c1-12(2)6-7-32(5)11-14-10-17(33)19-15(21(14)29)8-13-9-16-22(31(3)4)24(35)20(27(30)38)26(37)28(16,39)25(36)18(13)23(19)34/h10,12-13,16,18,20,22,33,39H,6-9,11H2,1-5H3,(H2,30,38). The quantitative estimate of drug-likeness (QED) is 0.415. The SMILES string of the molecule is CC(C)CCN(C)Cc1cc(O)c2c(c1F)CC1CC3C(N(C)C)C(=O)C(C(N)=O)C(=O)C3(O)C(=O)C1C2=O. The molecule has 0 radical (unpaired) electrons. The minimum atomic E-state index is -2.80. The predicted octanol–water partition coefficient (Wildman–Crippen LogP) is 0.484. The number of likely N-dealkylation sites (N-methyl/N-ethyl adjacent to an activating group) is 1. The van der Waals surface area contributed by atoms with Gasteiger partial charge in [-0.1, -0.05) is 13.8 Å². The second kappa shape index (κ2) is 10.2. The van der Waals surface area contributed by atoms with Gasteiger partial charge in [0, 0.05) is 23.6 Å². The van der Waals surface area contributed by atoms with E-state index in [1.165, 1.54) is 25.1 Å². The Morgan fingerprint density at radius 1 is 1.18 bits per heavy atom. The summed E-state index contributed by atoms with van der Waals surface area (Å²) in [6.45, 7) is 5.06. The first kappa shape index (κ1) is 29.0. The van der Waals surface area contributed by atoms with Gasteiger partial charge in [0.05, 0.1) is 17.5 Å². The summed E-state index contributed by atoms with van der Waals surface area (Å²) in [5.41, 5.74) is 2.36. The van der Waals surface area contributed by atoms with Crippen molar-refractivity contribution in [2.24, 2.45) is 35.3 Å². The van der Waals surface area contributed by atoms with Gasteiger partial charge in [0.2, 0.25) is 5.91 Å². The highest BCUT2D eigenvalue weighted by molar-refractivity contribution is 6.32. The largest absolute Gasteiger partial charge is 0.507 e. The Morgan fingerprint density at radius 2 is 1.82 bits per heavy atom. The fourth-order valence-electron chi connectivity index (χ4n) is 6.67. The maximum Gasteiger partial charge on any atom is 0.235 e. The second-order valence-corrected chi connectivity index (χ2v) is 11.9. The molecule has 0 aromatic heterocycles. The minimum Gasteiger partial charge on any atom is -0.507 e. The number of hydrogen-bond donors (Lipinski definition) is 3. The van der Waals surface area contributed by atoms with Gasteiger partial charge in [0.25, 0.3) is 0 Å². The molecule has 3 aliphatic rings. The van der Waals surface area contributed by atoms with Crippen LogP contribution >= 0.6 is 0 Å². The molecule has 0 spiro atoms. The third kappa shape index (κ3) is 4.50. The van der Waals surface area contributed by atoms with Crippen LogP contribution in [0.5, 0.6) is 5.75 Å². The van der Waals surface area contributed by atoms with E-state index in [-0.39, 0.29) is 36.1 Å². The zero-order chi connectivity index (χ0) is 29.1. The molecule has 39 heavy (non-hydrogen) atoms. The third-order valence-corrected chi connectivity index (χ3v) is 8.60. The molecule has 0 bridgehead atoms. The maximum absolute atomic E-state index is 15.8. The van der Waals surface area contributed by atoms with Crippen LogP contribution in [0, 0.1) is 35.4 Å². The lowest BCUT2D eigenvalue weighted by Crippen LogP contribution is -2.74. The summed E-state index contributed by atoms with van der Waals surface area (Å²) in [7, 11) is 4.85. The molecule has 212 valence electrons. The van der Waals surface area contributed by atoms with Crippen LogP contribution in [0.2, 0.25) is 0 Å². The van der Waals surface area contributed by atoms with Crippen LogP contribution in [0.4, 0.5) is 4.39 Å². The number of phenolic OH excluding ortho intramolecular Hbond substituents is 1. The predicted molar refractivity (Wildman–Crippen MR) is 137 cm³/mol. The number of hydrogen-bond acceptors (Lipinski definition) is 9. The van der Waals surface area contributed by atoms with E-state index in [9.17, 15) is 34.2 Å². The van der Waals surface area contributed by atoms with Crippen LogP contribution in [0.3, 0.4) is 0 Å². The molecule has 3 aliphatic carbocycles. The Labute approximate surface area is 226 Å². The Morgan fingerprint density at radius 3 is 2.38 bits per heavy atom. The van der Waals surface area contributed by atoms with Crippen LogP contribution in [0.15, 0.2) is 6.07 Å². The molecule has 4 rings (SSSR count). The number of benzene rings is 1. The zero-order valence-electron chi connectivity index (χ0n) is 22.9. The van der Waals surface area contributed by atoms with Gasteiger partial charge in [-0.25, -0.2) is 4.39 Å². The number of carbonyl (C=O) groups is 5. The van der Waals surface area contributed by atoms with E-state index < -0.39 is 75.9 Å². The monoisotopic (exact) mass is 545 g/mol. The molecule has 11 heteroatoms. The number of aromatic hydroxyl groups is 1. The topological polar surface area (TPSA) is 158 Å². The lowest BCUT2D eigenvalue weighted by Gasteiger charge is -2.52. The summed E-state index contributed by atoms with van der Waals surface area (Å²) in [5, 5.41) is 22.4. The van der Waals surface area contributed by atoms with Crippen molar-refractivity contribution in [2.45, 2.75) is 51.3 Å². The van der Waals surface area contributed by atoms with Crippen molar-refractivity contribution in [1.82, 2.24) is 9.80 Å². The molecule has 0 aliphatic heterocycles. The first-order valence-corrected chi connectivity index (χ1v) is 13.2. The van der Waals surface area contributed by atoms with Crippen LogP contribution in [-0.2, 0) is 32.1 Å². The Balaban J connectivity index is 1.76. The molecule has 2 fully saturated rings. The van der Waals surface area contributed by atoms with E-state index in [4.69, 9.17) is 5.73 Å². The van der Waals surface area contributed by atoms with Gasteiger partial charge in [-0.3, -0.25) is 28.9 Å². The van der Waals surface area contributed by atoms with E-state index in [0.717, 1.165) is 6.42 Å². The number of aliphatic hydroxyl groups is 1. The summed E-state index contributed by atoms with van der Waals surface area (Å²) < 4.78 is 15.8. The number of phenols is 1. The van der Waals surface area contributed by atoms with E-state index in [1.54, 1.807) is 0 Å². The number of amides is 1. The summed E-state index contributed by atoms with van der Waals surface area (Å²) in [5.74, 6) is -11.8. The summed E-state index contributed by atoms with van der Waals surface area (Å²) >= 11 is 0. The van der Waals surface area contributed by atoms with E-state index >= 15 is 4.39 Å². The number of carbonyl (C=O) groups excluding carboxylic acids is 5. The number of halogens is 1. The van der Waals surface area contributed by atoms with E-state index in [0.29, 0.717) is 12.5 Å². The lowest BCUT2D eigenvalue weighted by atomic mass is 9.52. The van der Waals surface area contributed by atoms with Gasteiger partial charge in [-0.15, -0.1) is 0 Å². The van der Waals surface area contributed by atoms with Crippen molar-refractivity contribution in [2.75, 3.05) is 27.7 Å². The van der Waals surface area contributed by atoms with Crippen LogP contribution in [0.1, 0.15) is 48.2 Å². The molecule has 1 amide bonds. The molecular weight excluding hydrogens is 509 g/mol. The molecule has 1 aromatic rings. The van der Waals surface area contributed by atoms with Crippen molar-refractivity contribution in [3.63, 3.8) is 0 Å². The molecular formula is C28H36FN3O7. The smallest absolute Gasteiger partial charge is 0.235 e. The van der Waals surface area contributed by atoms with Gasteiger partial charge in [-0.2, -0.15) is 0 Å². The Kier molecular flexibility index (Phi) is 7.57. The molecule has 1 aromatic carbocycles. The Bertz CT molecular complexity index is 1260. The van der Waals surface area contributed by atoms with E-state index in [1.807, 2.05) is 11.9 Å². The number of rotatable bonds is 7. The molecule has 0 heterocycles. The first-order chi connectivity index (χ1) is 18.1. The highest BCUT2D eigenvalue weighted by Crippen LogP contribution is 2.51. The maximum atomic E-state index is 15.8. The van der Waals surface area contributed by atoms with Crippen molar-refractivity contribution in [3.8, 4) is 5.75 Å². The van der Waals surface area contributed by atoms with Crippen molar-refractivity contribution in [1.29, 1.82) is 0 Å². The van der Waals surface area contributed by atoms with Crippen LogP contribution < -0.4 is 5.73 Å². The summed E-state index contributed by atoms with van der Waals surface area (Å²) in [6, 6.07) is -0.0237. The third-order valence-electron chi connectivity index (χ3n) is 8.60. The average Bonchev–Trinajstić information content (AvgIpc) is 2.82. The fraction of sp³-hybridized carbons (Fsp3) is 0.607. The molecule has 6 atom stereocenters. The summed E-state index contributed by atoms with van der Waals surface area (Å²) in [6.07, 6.45) is 0.669. The number of primary amides is 1. The average molecular weight is 546 g/mol. The number of ketones is 4. The number of Topliss-reactive ketones (excluding diaryl/α,β-unsaturated/α-hetero) is 4. The number of nitrogens with zero attached hydrogens (tertiary/aromatic N) is 2. The lowest BCUT2D eigenvalue weighted by molar-refractivity contribution is -0.181. The molecule has 4 N–H and O–H groups in total. The Hall–Kier alpha value is -3.02. The molecule has 0 saturated heterocycles. The van der Waals surface area contributed by atoms with Crippen LogP contribution in [-0.4, -0.2) is 88.4 Å². The van der Waals surface area contributed by atoms with Gasteiger partial charge in [0.1, 0.15) is 11.6 Å². The summed E-state index contributed by atoms with van der Waals surface area (Å²) in [4.78, 5) is 69.1. The second-order valence-electron chi connectivity index (χ2n) is 11.9. The van der Waals surface area contributed by atoms with Crippen LogP contribution in [0.25, 0.3) is 0 Å². The zero-order valence-corrected chi connectivity index (χ0v) is 22.9. The van der Waals surface area contributed by atoms with Gasteiger partial charge < -0.3 is 20.8 Å². The van der Waals surface area contributed by atoms with Gasteiger partial charge in [-0.05, 0) is 64.9 Å². The first-order valence-electron chi connectivity index (χ1n) is 13.2. The molecule has 10 nitrogen and oxygen atoms in total. The van der Waals surface area contributed by atoms with Crippen molar-refractivity contribution in [3.05, 3.63) is 28.6 Å². The van der Waals surface area contributed by atoms with Gasteiger partial charge in [0.15, 0.2) is 34.7 Å². The number of fused-ring (bicyclic) bond motifs is 3. The highest BCUT2D eigenvalue weighted by atomic mass is 19.1. The van der Waals surface area contributed by atoms with Gasteiger partial charge >= 0.3 is 0 Å². The normalized spacial score (nSPS) is 30.6. The minimum absolute atomic E-state index is 0.0170. The fourth-order valence-corrected chi connectivity index (χ4v) is 6.67. The number of nitrogens with two attached hydrogens (primary N) is 1. The molecule has 2 saturated carbocycles. The highest BCUT2D eigenvalue weighted by Gasteiger charge is 2.69. The van der Waals surface area contributed by atoms with Crippen molar-refractivity contribution < 1.29 is 38.6 Å². The van der Waals surface area contributed by atoms with E-state index in [2.05, 4.69) is 13.8 Å². The molecule has 6 unspecified atom stereocenters. The van der Waals surface area contributed by atoms with Crippen molar-refractivity contribution >= 4 is 29.0 Å².